The van der Waals surface area contributed by atoms with Gasteiger partial charge in [0.25, 0.3) is 0 Å². The molecule has 152 valence electrons. The van der Waals surface area contributed by atoms with E-state index in [9.17, 15) is 4.79 Å². The Labute approximate surface area is 171 Å². The molecule has 1 aromatic carbocycles. The van der Waals surface area contributed by atoms with Crippen molar-refractivity contribution in [3.8, 4) is 22.7 Å². The highest BCUT2D eigenvalue weighted by atomic mass is 16.5. The van der Waals surface area contributed by atoms with E-state index in [-0.39, 0.29) is 5.69 Å². The van der Waals surface area contributed by atoms with Crippen LogP contribution in [0.25, 0.3) is 38.9 Å². The number of imidazole rings is 1. The largest absolute Gasteiger partial charge is 0.496 e. The quantitative estimate of drug-likeness (QED) is 0.500. The van der Waals surface area contributed by atoms with Crippen LogP contribution in [0.4, 0.5) is 0 Å². The molecular formula is C21H21N7O2. The number of nitrogens with zero attached hydrogens (tertiary/aromatic N) is 6. The summed E-state index contributed by atoms with van der Waals surface area (Å²) in [7, 11) is 5.23. The van der Waals surface area contributed by atoms with Crippen molar-refractivity contribution in [2.45, 2.75) is 13.8 Å². The second-order valence-electron chi connectivity index (χ2n) is 7.44. The van der Waals surface area contributed by atoms with Crippen molar-refractivity contribution in [1.29, 1.82) is 0 Å². The van der Waals surface area contributed by atoms with Crippen LogP contribution in [0.5, 0.6) is 5.75 Å². The number of aryl methyl sites for hydroxylation is 4. The molecule has 0 bridgehead atoms. The average Bonchev–Trinajstić information content (AvgIpc) is 3.37. The van der Waals surface area contributed by atoms with Crippen molar-refractivity contribution >= 4 is 21.9 Å². The zero-order valence-electron chi connectivity index (χ0n) is 17.4. The highest BCUT2D eigenvalue weighted by Gasteiger charge is 2.21. The SMILES string of the molecule is COc1cc2ncc3c(c2cc1-c1[nH]ncc1C)n(-c1cn(C)nc1C)c(=O)n3C. The van der Waals surface area contributed by atoms with Gasteiger partial charge in [0.15, 0.2) is 0 Å². The number of hydrogen-bond donors (Lipinski definition) is 1. The number of rotatable bonds is 3. The zero-order chi connectivity index (χ0) is 21.2. The third-order valence-corrected chi connectivity index (χ3v) is 5.53. The second kappa shape index (κ2) is 6.31. The summed E-state index contributed by atoms with van der Waals surface area (Å²) in [6.45, 7) is 3.88. The van der Waals surface area contributed by atoms with Gasteiger partial charge in [0.05, 0.1) is 53.1 Å². The number of nitrogens with one attached hydrogen (secondary N) is 1. The van der Waals surface area contributed by atoms with Crippen LogP contribution in [-0.4, -0.2) is 41.2 Å². The minimum absolute atomic E-state index is 0.148. The molecule has 30 heavy (non-hydrogen) atoms. The molecule has 0 unspecified atom stereocenters. The summed E-state index contributed by atoms with van der Waals surface area (Å²) in [5, 5.41) is 12.5. The van der Waals surface area contributed by atoms with Gasteiger partial charge in [-0.05, 0) is 25.5 Å². The molecule has 0 fully saturated rings. The van der Waals surface area contributed by atoms with Crippen LogP contribution >= 0.6 is 0 Å². The molecular weight excluding hydrogens is 382 g/mol. The molecule has 0 aliphatic carbocycles. The van der Waals surface area contributed by atoms with Crippen LogP contribution in [0.3, 0.4) is 0 Å². The maximum absolute atomic E-state index is 13.2. The first kappa shape index (κ1) is 18.2. The van der Waals surface area contributed by atoms with Gasteiger partial charge in [-0.3, -0.25) is 23.9 Å². The third kappa shape index (κ3) is 2.41. The summed E-state index contributed by atoms with van der Waals surface area (Å²) in [4.78, 5) is 17.8. The van der Waals surface area contributed by atoms with E-state index in [0.29, 0.717) is 5.75 Å². The van der Waals surface area contributed by atoms with Gasteiger partial charge < -0.3 is 4.74 Å². The van der Waals surface area contributed by atoms with E-state index in [0.717, 1.165) is 50.1 Å². The Morgan fingerprint density at radius 1 is 1.13 bits per heavy atom. The highest BCUT2D eigenvalue weighted by molar-refractivity contribution is 6.05. The molecule has 1 N–H and O–H groups in total. The predicted octanol–water partition coefficient (Wildman–Crippen LogP) is 2.63. The lowest BCUT2D eigenvalue weighted by atomic mass is 10.0. The molecule has 0 atom stereocenters. The van der Waals surface area contributed by atoms with E-state index in [1.807, 2.05) is 39.2 Å². The van der Waals surface area contributed by atoms with Gasteiger partial charge in [-0.2, -0.15) is 10.2 Å². The number of aromatic amines is 1. The molecule has 9 heteroatoms. The molecule has 5 aromatic rings. The van der Waals surface area contributed by atoms with Crippen molar-refractivity contribution in [1.82, 2.24) is 34.1 Å². The lowest BCUT2D eigenvalue weighted by Gasteiger charge is -2.11. The van der Waals surface area contributed by atoms with Crippen LogP contribution in [0, 0.1) is 13.8 Å². The molecule has 4 aromatic heterocycles. The number of pyridine rings is 1. The topological polar surface area (TPSA) is 95.6 Å². The minimum atomic E-state index is -0.148. The van der Waals surface area contributed by atoms with Gasteiger partial charge in [-0.1, -0.05) is 0 Å². The van der Waals surface area contributed by atoms with E-state index in [1.54, 1.807) is 40.4 Å². The number of ether oxygens (including phenoxy) is 1. The van der Waals surface area contributed by atoms with Crippen LogP contribution in [0.1, 0.15) is 11.3 Å². The standard InChI is InChI=1S/C21H21N7O2/c1-11-8-23-24-19(11)14-6-13-15(7-18(14)30-5)22-9-16-20(13)28(21(29)27(16)4)17-10-26(3)25-12(17)2/h6-10H,1-5H3,(H,23,24). The first-order valence-corrected chi connectivity index (χ1v) is 9.50. The summed E-state index contributed by atoms with van der Waals surface area (Å²) in [6, 6.07) is 3.90. The fraction of sp³-hybridized carbons (Fsp3) is 0.238. The van der Waals surface area contributed by atoms with E-state index < -0.39 is 0 Å². The lowest BCUT2D eigenvalue weighted by Crippen LogP contribution is -2.21. The van der Waals surface area contributed by atoms with E-state index in [4.69, 9.17) is 4.74 Å². The van der Waals surface area contributed by atoms with Crippen LogP contribution in [-0.2, 0) is 14.1 Å². The number of fused-ring (bicyclic) bond motifs is 3. The number of hydrogen-bond acceptors (Lipinski definition) is 5. The Morgan fingerprint density at radius 2 is 1.93 bits per heavy atom. The van der Waals surface area contributed by atoms with Crippen molar-refractivity contribution in [2.24, 2.45) is 14.1 Å². The molecule has 5 rings (SSSR count). The summed E-state index contributed by atoms with van der Waals surface area (Å²) in [5.74, 6) is 0.684. The van der Waals surface area contributed by atoms with E-state index >= 15 is 0 Å². The Balaban J connectivity index is 1.96. The Kier molecular flexibility index (Phi) is 3.82. The normalized spacial score (nSPS) is 11.6. The van der Waals surface area contributed by atoms with Gasteiger partial charge in [0, 0.05) is 37.3 Å². The second-order valence-corrected chi connectivity index (χ2v) is 7.44. The van der Waals surface area contributed by atoms with Gasteiger partial charge in [-0.25, -0.2) is 4.79 Å². The smallest absolute Gasteiger partial charge is 0.333 e. The fourth-order valence-corrected chi connectivity index (χ4v) is 4.04. The summed E-state index contributed by atoms with van der Waals surface area (Å²) < 4.78 is 10.7. The molecule has 9 nitrogen and oxygen atoms in total. The maximum Gasteiger partial charge on any atom is 0.333 e. The van der Waals surface area contributed by atoms with E-state index in [2.05, 4.69) is 20.3 Å². The van der Waals surface area contributed by atoms with Gasteiger partial charge in [0.2, 0.25) is 0 Å². The first-order valence-electron chi connectivity index (χ1n) is 9.50. The molecule has 0 spiro atoms. The zero-order valence-corrected chi connectivity index (χ0v) is 17.4. The van der Waals surface area contributed by atoms with Gasteiger partial charge in [0.1, 0.15) is 5.75 Å². The molecule has 0 radical (unpaired) electrons. The van der Waals surface area contributed by atoms with Crippen LogP contribution in [0.2, 0.25) is 0 Å². The summed E-state index contributed by atoms with van der Waals surface area (Å²) in [5.41, 5.74) is 6.37. The van der Waals surface area contributed by atoms with Crippen molar-refractivity contribution in [3.63, 3.8) is 0 Å². The molecule has 0 saturated carbocycles. The van der Waals surface area contributed by atoms with Crippen LogP contribution < -0.4 is 10.4 Å². The Morgan fingerprint density at radius 3 is 2.57 bits per heavy atom. The molecule has 0 aliphatic rings. The van der Waals surface area contributed by atoms with Crippen molar-refractivity contribution < 1.29 is 4.74 Å². The number of benzene rings is 1. The molecule has 0 amide bonds. The predicted molar refractivity (Wildman–Crippen MR) is 114 cm³/mol. The maximum atomic E-state index is 13.2. The first-order chi connectivity index (χ1) is 14.4. The van der Waals surface area contributed by atoms with Gasteiger partial charge >= 0.3 is 5.69 Å². The summed E-state index contributed by atoms with van der Waals surface area (Å²) in [6.07, 6.45) is 5.35. The summed E-state index contributed by atoms with van der Waals surface area (Å²) >= 11 is 0. The number of methoxy groups -OCH3 is 1. The minimum Gasteiger partial charge on any atom is -0.496 e. The average molecular weight is 403 g/mol. The number of H-pyrrole nitrogens is 1. The highest BCUT2D eigenvalue weighted by Crippen LogP contribution is 2.36. The third-order valence-electron chi connectivity index (χ3n) is 5.53. The molecule has 0 aliphatic heterocycles. The molecule has 4 heterocycles. The van der Waals surface area contributed by atoms with Crippen molar-refractivity contribution in [2.75, 3.05) is 7.11 Å². The molecule has 0 saturated heterocycles. The number of aromatic nitrogens is 7. The monoisotopic (exact) mass is 403 g/mol. The Hall–Kier alpha value is -3.88. The van der Waals surface area contributed by atoms with Gasteiger partial charge in [-0.15, -0.1) is 0 Å². The van der Waals surface area contributed by atoms with E-state index in [1.165, 1.54) is 0 Å². The Bertz CT molecular complexity index is 1500. The van der Waals surface area contributed by atoms with Crippen LogP contribution in [0.15, 0.2) is 35.5 Å². The van der Waals surface area contributed by atoms with Crippen molar-refractivity contribution in [3.05, 3.63) is 52.5 Å². The lowest BCUT2D eigenvalue weighted by molar-refractivity contribution is 0.417. The fourth-order valence-electron chi connectivity index (χ4n) is 4.04.